The fourth-order valence-electron chi connectivity index (χ4n) is 4.43. The highest BCUT2D eigenvalue weighted by Crippen LogP contribution is 2.37. The Morgan fingerprint density at radius 2 is 1.70 bits per heavy atom. The summed E-state index contributed by atoms with van der Waals surface area (Å²) in [7, 11) is 0. The topological polar surface area (TPSA) is 67.2 Å². The third-order valence-electron chi connectivity index (χ3n) is 6.07. The summed E-state index contributed by atoms with van der Waals surface area (Å²) >= 11 is 6.21. The van der Waals surface area contributed by atoms with Crippen LogP contribution in [0.3, 0.4) is 0 Å². The number of hydrogen-bond donors (Lipinski definition) is 1. The molecule has 1 aliphatic heterocycles. The Morgan fingerprint density at radius 3 is 2.48 bits per heavy atom. The Morgan fingerprint density at radius 1 is 1.00 bits per heavy atom. The van der Waals surface area contributed by atoms with E-state index >= 15 is 0 Å². The number of carbonyl (C=O) groups is 2. The molecule has 166 valence electrons. The number of rotatable bonds is 5. The van der Waals surface area contributed by atoms with Gasteiger partial charge < -0.3 is 14.8 Å². The van der Waals surface area contributed by atoms with E-state index in [4.69, 9.17) is 16.6 Å². The Balaban J connectivity index is 1.52. The van der Waals surface area contributed by atoms with Gasteiger partial charge in [-0.2, -0.15) is 0 Å². The van der Waals surface area contributed by atoms with Crippen LogP contribution in [0.25, 0.3) is 11.0 Å². The van der Waals surface area contributed by atoms with Gasteiger partial charge in [-0.25, -0.2) is 4.98 Å². The summed E-state index contributed by atoms with van der Waals surface area (Å²) in [6.45, 7) is 2.44. The molecule has 0 bridgehead atoms. The molecular weight excluding hydrogens is 436 g/mol. The molecule has 3 aromatic carbocycles. The first-order chi connectivity index (χ1) is 16.0. The zero-order chi connectivity index (χ0) is 22.9. The van der Waals surface area contributed by atoms with Gasteiger partial charge in [-0.1, -0.05) is 66.2 Å². The van der Waals surface area contributed by atoms with Crippen molar-refractivity contribution in [3.05, 3.63) is 95.3 Å². The van der Waals surface area contributed by atoms with Gasteiger partial charge in [0, 0.05) is 6.54 Å². The van der Waals surface area contributed by atoms with Gasteiger partial charge in [0.05, 0.1) is 34.2 Å². The van der Waals surface area contributed by atoms with Gasteiger partial charge in [0.15, 0.2) is 0 Å². The third kappa shape index (κ3) is 3.98. The number of fused-ring (bicyclic) bond motifs is 3. The second kappa shape index (κ2) is 8.71. The molecule has 5 rings (SSSR count). The minimum atomic E-state index is -0.699. The number of para-hydroxylation sites is 3. The van der Waals surface area contributed by atoms with Crippen molar-refractivity contribution in [3.8, 4) is 0 Å². The first kappa shape index (κ1) is 21.2. The van der Waals surface area contributed by atoms with E-state index in [0.717, 1.165) is 22.4 Å². The van der Waals surface area contributed by atoms with Crippen LogP contribution in [0.4, 0.5) is 5.69 Å². The second-order valence-electron chi connectivity index (χ2n) is 8.20. The average molecular weight is 459 g/mol. The number of nitrogens with zero attached hydrogens (tertiary/aromatic N) is 3. The molecule has 0 fully saturated rings. The predicted octanol–water partition coefficient (Wildman–Crippen LogP) is 5.36. The second-order valence-corrected chi connectivity index (χ2v) is 8.61. The van der Waals surface area contributed by atoms with Crippen LogP contribution in [-0.4, -0.2) is 26.3 Å². The average Bonchev–Trinajstić information content (AvgIpc) is 3.21. The standard InChI is InChI=1S/C26H23ClN4O2/c1-17-25-29-21-13-7-8-14-22(21)31(25)23(15-24(32)28-20-12-6-5-11-19(20)27)26(33)30(17)16-18-9-3-2-4-10-18/h2-14,17,23H,15-16H2,1H3,(H,28,32)/t17-,23-/m1/s1. The first-order valence-corrected chi connectivity index (χ1v) is 11.3. The van der Waals surface area contributed by atoms with E-state index in [1.165, 1.54) is 0 Å². The van der Waals surface area contributed by atoms with Crippen LogP contribution in [0.15, 0.2) is 78.9 Å². The summed E-state index contributed by atoms with van der Waals surface area (Å²) in [5, 5.41) is 3.30. The molecule has 4 aromatic rings. The lowest BCUT2D eigenvalue weighted by molar-refractivity contribution is -0.142. The van der Waals surface area contributed by atoms with E-state index in [9.17, 15) is 9.59 Å². The molecule has 6 nitrogen and oxygen atoms in total. The van der Waals surface area contributed by atoms with Crippen molar-refractivity contribution >= 4 is 40.1 Å². The summed E-state index contributed by atoms with van der Waals surface area (Å²) in [5.41, 5.74) is 3.21. The van der Waals surface area contributed by atoms with Crippen LogP contribution in [0.2, 0.25) is 5.02 Å². The number of benzene rings is 3. The summed E-state index contributed by atoms with van der Waals surface area (Å²) in [5.74, 6) is 0.401. The van der Waals surface area contributed by atoms with Crippen molar-refractivity contribution in [3.63, 3.8) is 0 Å². The predicted molar refractivity (Wildman–Crippen MR) is 129 cm³/mol. The summed E-state index contributed by atoms with van der Waals surface area (Å²) in [6, 6.07) is 23.7. The number of anilines is 1. The van der Waals surface area contributed by atoms with Crippen LogP contribution < -0.4 is 5.32 Å². The summed E-state index contributed by atoms with van der Waals surface area (Å²) in [6.07, 6.45) is -0.0184. The summed E-state index contributed by atoms with van der Waals surface area (Å²) in [4.78, 5) is 33.4. The molecule has 0 aliphatic carbocycles. The first-order valence-electron chi connectivity index (χ1n) is 10.9. The van der Waals surface area contributed by atoms with Crippen molar-refractivity contribution in [1.29, 1.82) is 0 Å². The maximum absolute atomic E-state index is 13.8. The van der Waals surface area contributed by atoms with E-state index in [1.807, 2.05) is 71.0 Å². The van der Waals surface area contributed by atoms with Gasteiger partial charge in [-0.05, 0) is 36.8 Å². The van der Waals surface area contributed by atoms with Crippen molar-refractivity contribution in [2.45, 2.75) is 32.0 Å². The molecular formula is C26H23ClN4O2. The number of amides is 2. The van der Waals surface area contributed by atoms with Crippen molar-refractivity contribution < 1.29 is 9.59 Å². The largest absolute Gasteiger partial charge is 0.327 e. The molecule has 1 N–H and O–H groups in total. The monoisotopic (exact) mass is 458 g/mol. The molecule has 1 aromatic heterocycles. The quantitative estimate of drug-likeness (QED) is 0.437. The summed E-state index contributed by atoms with van der Waals surface area (Å²) < 4.78 is 1.93. The van der Waals surface area contributed by atoms with E-state index in [0.29, 0.717) is 17.3 Å². The van der Waals surface area contributed by atoms with Crippen LogP contribution in [-0.2, 0) is 16.1 Å². The van der Waals surface area contributed by atoms with E-state index in [-0.39, 0.29) is 24.3 Å². The molecule has 0 spiro atoms. The highest BCUT2D eigenvalue weighted by molar-refractivity contribution is 6.33. The van der Waals surface area contributed by atoms with Gasteiger partial charge in [0.2, 0.25) is 11.8 Å². The normalized spacial score (nSPS) is 17.8. The number of aromatic nitrogens is 2. The van der Waals surface area contributed by atoms with E-state index in [2.05, 4.69) is 5.32 Å². The molecule has 33 heavy (non-hydrogen) atoms. The maximum atomic E-state index is 13.8. The highest BCUT2D eigenvalue weighted by atomic mass is 35.5. The number of imidazole rings is 1. The van der Waals surface area contributed by atoms with Gasteiger partial charge >= 0.3 is 0 Å². The number of carbonyl (C=O) groups excluding carboxylic acids is 2. The molecule has 0 saturated heterocycles. The molecule has 2 amide bonds. The lowest BCUT2D eigenvalue weighted by Gasteiger charge is -2.38. The SMILES string of the molecule is C[C@@H]1c2nc3ccccc3n2[C@H](CC(=O)Nc2ccccc2Cl)C(=O)N1Cc1ccccc1. The lowest BCUT2D eigenvalue weighted by Crippen LogP contribution is -2.45. The molecule has 1 aliphatic rings. The minimum Gasteiger partial charge on any atom is -0.327 e. The van der Waals surface area contributed by atoms with Crippen molar-refractivity contribution in [2.75, 3.05) is 5.32 Å². The van der Waals surface area contributed by atoms with Gasteiger partial charge in [-0.15, -0.1) is 0 Å². The Labute approximate surface area is 196 Å². The zero-order valence-corrected chi connectivity index (χ0v) is 18.9. The van der Waals surface area contributed by atoms with Crippen LogP contribution in [0.1, 0.15) is 36.8 Å². The van der Waals surface area contributed by atoms with Crippen molar-refractivity contribution in [1.82, 2.24) is 14.5 Å². The smallest absolute Gasteiger partial charge is 0.247 e. The maximum Gasteiger partial charge on any atom is 0.247 e. The van der Waals surface area contributed by atoms with Gasteiger partial charge in [0.1, 0.15) is 11.9 Å². The van der Waals surface area contributed by atoms with Gasteiger partial charge in [0.25, 0.3) is 0 Å². The third-order valence-corrected chi connectivity index (χ3v) is 6.40. The molecule has 0 unspecified atom stereocenters. The number of hydrogen-bond acceptors (Lipinski definition) is 3. The Kier molecular flexibility index (Phi) is 5.60. The molecule has 7 heteroatoms. The van der Waals surface area contributed by atoms with Crippen molar-refractivity contribution in [2.24, 2.45) is 0 Å². The fraction of sp³-hybridized carbons (Fsp3) is 0.192. The Hall–Kier alpha value is -3.64. The van der Waals surface area contributed by atoms with Crippen LogP contribution >= 0.6 is 11.6 Å². The number of nitrogens with one attached hydrogen (secondary N) is 1. The Bertz CT molecular complexity index is 1330. The molecule has 0 saturated carbocycles. The van der Waals surface area contributed by atoms with E-state index in [1.54, 1.807) is 24.3 Å². The minimum absolute atomic E-state index is 0.0184. The van der Waals surface area contributed by atoms with E-state index < -0.39 is 6.04 Å². The fourth-order valence-corrected chi connectivity index (χ4v) is 4.61. The molecule has 2 heterocycles. The van der Waals surface area contributed by atoms with Gasteiger partial charge in [-0.3, -0.25) is 9.59 Å². The molecule has 2 atom stereocenters. The number of halogens is 1. The van der Waals surface area contributed by atoms with Crippen LogP contribution in [0.5, 0.6) is 0 Å². The zero-order valence-electron chi connectivity index (χ0n) is 18.1. The highest BCUT2D eigenvalue weighted by Gasteiger charge is 2.40. The lowest BCUT2D eigenvalue weighted by atomic mass is 10.0. The van der Waals surface area contributed by atoms with Crippen LogP contribution in [0, 0.1) is 0 Å². The molecule has 0 radical (unpaired) electrons.